The number of methoxy groups -OCH3 is 1. The molecule has 170 valence electrons. The molecule has 8 heteroatoms. The molecule has 7 nitrogen and oxygen atoms in total. The fourth-order valence-corrected chi connectivity index (χ4v) is 4.43. The zero-order valence-electron chi connectivity index (χ0n) is 19.1. The zero-order valence-corrected chi connectivity index (χ0v) is 19.8. The van der Waals surface area contributed by atoms with Gasteiger partial charge in [0.1, 0.15) is 22.5 Å². The molecule has 32 heavy (non-hydrogen) atoms. The average molecular weight is 457 g/mol. The third-order valence-corrected chi connectivity index (χ3v) is 6.45. The first-order valence-corrected chi connectivity index (χ1v) is 11.3. The van der Waals surface area contributed by atoms with Gasteiger partial charge in [-0.05, 0) is 45.4 Å². The predicted molar refractivity (Wildman–Crippen MR) is 124 cm³/mol. The molecule has 2 aromatic heterocycles. The highest BCUT2D eigenvalue weighted by Crippen LogP contribution is 2.34. The van der Waals surface area contributed by atoms with Crippen LogP contribution in [0, 0.1) is 5.92 Å². The Kier molecular flexibility index (Phi) is 6.29. The number of hydrogen-bond acceptors (Lipinski definition) is 5. The van der Waals surface area contributed by atoms with Crippen LogP contribution < -0.4 is 9.47 Å². The Balaban J connectivity index is 1.52. The number of rotatable bonds is 7. The minimum Gasteiger partial charge on any atom is -0.497 e. The van der Waals surface area contributed by atoms with Crippen LogP contribution in [0.1, 0.15) is 51.8 Å². The number of nitrogens with zero attached hydrogens (tertiary/aromatic N) is 4. The van der Waals surface area contributed by atoms with Gasteiger partial charge in [0.15, 0.2) is 0 Å². The van der Waals surface area contributed by atoms with Gasteiger partial charge in [0.2, 0.25) is 11.8 Å². The van der Waals surface area contributed by atoms with Crippen LogP contribution in [0.3, 0.4) is 0 Å². The number of halogens is 1. The summed E-state index contributed by atoms with van der Waals surface area (Å²) in [7, 11) is 1.64. The van der Waals surface area contributed by atoms with Gasteiger partial charge in [-0.1, -0.05) is 23.7 Å². The van der Waals surface area contributed by atoms with E-state index < -0.39 is 0 Å². The molecule has 4 rings (SSSR count). The molecule has 1 fully saturated rings. The Labute approximate surface area is 193 Å². The maximum Gasteiger partial charge on any atom is 0.241 e. The number of benzene rings is 1. The summed E-state index contributed by atoms with van der Waals surface area (Å²) >= 11 is 6.22. The number of pyridine rings is 1. The van der Waals surface area contributed by atoms with Crippen LogP contribution >= 0.6 is 11.6 Å². The fraction of sp³-hybridized carbons (Fsp3) is 0.458. The van der Waals surface area contributed by atoms with Gasteiger partial charge in [-0.25, -0.2) is 4.98 Å². The highest BCUT2D eigenvalue weighted by molar-refractivity contribution is 6.30. The number of hydrogen-bond donors (Lipinski definition) is 0. The molecule has 3 atom stereocenters. The van der Waals surface area contributed by atoms with E-state index >= 15 is 0 Å². The van der Waals surface area contributed by atoms with Crippen molar-refractivity contribution in [1.29, 1.82) is 0 Å². The third kappa shape index (κ3) is 4.26. The van der Waals surface area contributed by atoms with Gasteiger partial charge in [0, 0.05) is 31.0 Å². The number of carbonyl (C=O) groups is 1. The first-order valence-electron chi connectivity index (χ1n) is 10.9. The largest absolute Gasteiger partial charge is 0.497 e. The molecule has 0 aliphatic carbocycles. The molecule has 0 bridgehead atoms. The van der Waals surface area contributed by atoms with Crippen molar-refractivity contribution >= 4 is 28.5 Å². The van der Waals surface area contributed by atoms with E-state index in [-0.39, 0.29) is 30.0 Å². The molecule has 1 aliphatic heterocycles. The molecule has 1 aromatic carbocycles. The molecular weight excluding hydrogens is 428 g/mol. The highest BCUT2D eigenvalue weighted by Gasteiger charge is 2.37. The number of aromatic nitrogens is 3. The predicted octanol–water partition coefficient (Wildman–Crippen LogP) is 5.05. The Morgan fingerprint density at radius 2 is 1.88 bits per heavy atom. The maximum absolute atomic E-state index is 12.8. The van der Waals surface area contributed by atoms with Crippen LogP contribution in [0.2, 0.25) is 5.15 Å². The van der Waals surface area contributed by atoms with Crippen molar-refractivity contribution in [3.8, 4) is 11.6 Å². The Morgan fingerprint density at radius 1 is 1.16 bits per heavy atom. The summed E-state index contributed by atoms with van der Waals surface area (Å²) in [6.45, 7) is 8.83. The van der Waals surface area contributed by atoms with Gasteiger partial charge >= 0.3 is 0 Å². The molecule has 0 saturated carbocycles. The summed E-state index contributed by atoms with van der Waals surface area (Å²) in [5.41, 5.74) is 2.65. The first kappa shape index (κ1) is 22.4. The lowest BCUT2D eigenvalue weighted by Gasteiger charge is -2.26. The highest BCUT2D eigenvalue weighted by atomic mass is 35.5. The van der Waals surface area contributed by atoms with Crippen molar-refractivity contribution in [3.63, 3.8) is 0 Å². The van der Waals surface area contributed by atoms with Gasteiger partial charge in [0.25, 0.3) is 0 Å². The molecule has 1 amide bonds. The topological polar surface area (TPSA) is 69.5 Å². The van der Waals surface area contributed by atoms with Crippen LogP contribution in [-0.4, -0.2) is 45.1 Å². The van der Waals surface area contributed by atoms with Gasteiger partial charge in [-0.3, -0.25) is 4.79 Å². The van der Waals surface area contributed by atoms with Crippen molar-refractivity contribution in [2.24, 2.45) is 5.92 Å². The summed E-state index contributed by atoms with van der Waals surface area (Å²) < 4.78 is 13.6. The zero-order chi connectivity index (χ0) is 23.0. The second-order valence-corrected chi connectivity index (χ2v) is 9.03. The van der Waals surface area contributed by atoms with E-state index in [1.807, 2.05) is 40.7 Å². The monoisotopic (exact) mass is 456 g/mol. The Bertz CT molecular complexity index is 1110. The molecule has 1 saturated heterocycles. The minimum absolute atomic E-state index is 0.0241. The smallest absolute Gasteiger partial charge is 0.241 e. The van der Waals surface area contributed by atoms with E-state index in [1.165, 1.54) is 0 Å². The molecule has 1 unspecified atom stereocenters. The van der Waals surface area contributed by atoms with E-state index in [0.717, 1.165) is 22.3 Å². The molecule has 3 aromatic rings. The lowest BCUT2D eigenvalue weighted by molar-refractivity contribution is -0.129. The normalized spacial score (nSPS) is 18.4. The molecular formula is C24H29ClN4O3. The lowest BCUT2D eigenvalue weighted by Crippen LogP contribution is -2.31. The SMILES string of the molecule is COc1ccc([C@@H](C)N2CC([C@@H](C)Oc3nc(Cl)cc4ncn(C(C)C)c34)CC2=O)cc1. The van der Waals surface area contributed by atoms with Gasteiger partial charge < -0.3 is 18.9 Å². The van der Waals surface area contributed by atoms with Crippen molar-refractivity contribution in [2.75, 3.05) is 13.7 Å². The number of ether oxygens (including phenoxy) is 2. The summed E-state index contributed by atoms with van der Waals surface area (Å²) in [5.74, 6) is 1.44. The van der Waals surface area contributed by atoms with Gasteiger partial charge in [-0.15, -0.1) is 0 Å². The lowest BCUT2D eigenvalue weighted by atomic mass is 10.0. The molecule has 1 aliphatic rings. The minimum atomic E-state index is -0.211. The third-order valence-electron chi connectivity index (χ3n) is 6.26. The number of imidazole rings is 1. The molecule has 0 radical (unpaired) electrons. The quantitative estimate of drug-likeness (QED) is 0.465. The van der Waals surface area contributed by atoms with Crippen molar-refractivity contribution in [1.82, 2.24) is 19.4 Å². The second-order valence-electron chi connectivity index (χ2n) is 8.65. The van der Waals surface area contributed by atoms with Crippen LogP contribution in [-0.2, 0) is 4.79 Å². The van der Waals surface area contributed by atoms with Crippen molar-refractivity contribution in [3.05, 3.63) is 47.4 Å². The van der Waals surface area contributed by atoms with Crippen molar-refractivity contribution < 1.29 is 14.3 Å². The molecule has 0 spiro atoms. The number of amides is 1. The first-order chi connectivity index (χ1) is 15.3. The second kappa shape index (κ2) is 8.98. The van der Waals surface area contributed by atoms with Crippen LogP contribution in [0.15, 0.2) is 36.7 Å². The summed E-state index contributed by atoms with van der Waals surface area (Å²) in [6.07, 6.45) is 2.01. The van der Waals surface area contributed by atoms with E-state index in [1.54, 1.807) is 19.5 Å². The van der Waals surface area contributed by atoms with E-state index in [4.69, 9.17) is 21.1 Å². The maximum atomic E-state index is 12.8. The Morgan fingerprint density at radius 3 is 2.53 bits per heavy atom. The number of fused-ring (bicyclic) bond motifs is 1. The number of likely N-dealkylation sites (tertiary alicyclic amines) is 1. The van der Waals surface area contributed by atoms with Crippen molar-refractivity contribution in [2.45, 2.75) is 52.3 Å². The van der Waals surface area contributed by atoms with E-state index in [0.29, 0.717) is 24.0 Å². The summed E-state index contributed by atoms with van der Waals surface area (Å²) in [5, 5.41) is 0.339. The molecule has 3 heterocycles. The van der Waals surface area contributed by atoms with Gasteiger partial charge in [-0.2, -0.15) is 4.98 Å². The van der Waals surface area contributed by atoms with Crippen LogP contribution in [0.5, 0.6) is 11.6 Å². The summed E-state index contributed by atoms with van der Waals surface area (Å²) in [4.78, 5) is 23.6. The Hall–Kier alpha value is -2.80. The standard InChI is InChI=1S/C24H29ClN4O3/c1-14(2)29-13-26-20-11-21(25)27-24(23(20)29)32-16(4)18-10-22(30)28(12-18)15(3)17-6-8-19(31-5)9-7-17/h6-9,11,13-16,18H,10,12H2,1-5H3/t15-,16-,18?/m1/s1. The van der Waals surface area contributed by atoms with Crippen LogP contribution in [0.4, 0.5) is 0 Å². The van der Waals surface area contributed by atoms with Crippen LogP contribution in [0.25, 0.3) is 11.0 Å². The van der Waals surface area contributed by atoms with E-state index in [9.17, 15) is 4.79 Å². The van der Waals surface area contributed by atoms with Gasteiger partial charge in [0.05, 0.1) is 25.0 Å². The van der Waals surface area contributed by atoms with E-state index in [2.05, 4.69) is 30.7 Å². The summed E-state index contributed by atoms with van der Waals surface area (Å²) in [6, 6.07) is 9.77. The number of carbonyl (C=O) groups excluding carboxylic acids is 1. The average Bonchev–Trinajstić information content (AvgIpc) is 3.37. The fourth-order valence-electron chi connectivity index (χ4n) is 4.25. The molecule has 0 N–H and O–H groups in total.